The second-order valence-electron chi connectivity index (χ2n) is 4.42. The van der Waals surface area contributed by atoms with Crippen LogP contribution >= 0.6 is 0 Å². The Hall–Kier alpha value is -1.63. The number of nitrogens with zero attached hydrogens (tertiary/aromatic N) is 1. The van der Waals surface area contributed by atoms with E-state index in [9.17, 15) is 22.4 Å². The highest BCUT2D eigenvalue weighted by Gasteiger charge is 2.34. The molecular weight excluding hydrogens is 276 g/mol. The van der Waals surface area contributed by atoms with Gasteiger partial charge in [-0.3, -0.25) is 9.69 Å². The van der Waals surface area contributed by atoms with Crippen LogP contribution in [0.3, 0.4) is 0 Å². The zero-order valence-corrected chi connectivity index (χ0v) is 10.7. The van der Waals surface area contributed by atoms with Crippen molar-refractivity contribution in [2.24, 2.45) is 0 Å². The van der Waals surface area contributed by atoms with Gasteiger partial charge in [-0.15, -0.1) is 0 Å². The molecule has 112 valence electrons. The van der Waals surface area contributed by atoms with E-state index in [1.54, 1.807) is 18.2 Å². The summed E-state index contributed by atoms with van der Waals surface area (Å²) in [6.45, 7) is -0.201. The number of rotatable bonds is 3. The summed E-state index contributed by atoms with van der Waals surface area (Å²) < 4.78 is 47.6. The third-order valence-electron chi connectivity index (χ3n) is 2.71. The molecule has 1 aromatic carbocycles. The molecule has 20 heavy (non-hydrogen) atoms. The monoisotopic (exact) mass is 292 g/mol. The number of alkyl halides is 3. The van der Waals surface area contributed by atoms with Gasteiger partial charge in [-0.2, -0.15) is 13.2 Å². The van der Waals surface area contributed by atoms with E-state index in [-0.39, 0.29) is 18.4 Å². The highest BCUT2D eigenvalue weighted by atomic mass is 19.4. The van der Waals surface area contributed by atoms with Crippen molar-refractivity contribution in [2.45, 2.75) is 18.6 Å². The average Bonchev–Trinajstić information content (AvgIpc) is 2.76. The zero-order chi connectivity index (χ0) is 15.0. The average molecular weight is 292 g/mol. The maximum atomic E-state index is 11.9. The molecule has 1 aromatic rings. The van der Waals surface area contributed by atoms with Crippen molar-refractivity contribution in [3.8, 4) is 0 Å². The Kier molecular flexibility index (Phi) is 6.44. The molecule has 0 saturated carbocycles. The van der Waals surface area contributed by atoms with E-state index >= 15 is 0 Å². The molecule has 0 aliphatic carbocycles. The van der Waals surface area contributed by atoms with Crippen LogP contribution in [-0.4, -0.2) is 43.2 Å². The van der Waals surface area contributed by atoms with Gasteiger partial charge in [0.15, 0.2) is 0 Å². The Bertz CT molecular complexity index is 397. The van der Waals surface area contributed by atoms with Gasteiger partial charge < -0.3 is 5.32 Å². The maximum absolute atomic E-state index is 11.9. The predicted molar refractivity (Wildman–Crippen MR) is 66.5 cm³/mol. The zero-order valence-electron chi connectivity index (χ0n) is 10.7. The van der Waals surface area contributed by atoms with E-state index in [0.717, 1.165) is 0 Å². The first-order chi connectivity index (χ1) is 9.40. The van der Waals surface area contributed by atoms with Crippen LogP contribution in [0.15, 0.2) is 30.3 Å². The van der Waals surface area contributed by atoms with Crippen LogP contribution in [0.5, 0.6) is 0 Å². The maximum Gasteiger partial charge on any atom is 0.401 e. The van der Waals surface area contributed by atoms with Crippen molar-refractivity contribution in [3.05, 3.63) is 36.1 Å². The van der Waals surface area contributed by atoms with E-state index < -0.39 is 12.7 Å². The summed E-state index contributed by atoms with van der Waals surface area (Å²) in [5.74, 6) is -0.178. The molecule has 1 saturated heterocycles. The lowest BCUT2D eigenvalue weighted by Gasteiger charge is -2.17. The molecule has 3 nitrogen and oxygen atoms in total. The SMILES string of the molecule is Fc1ccccc1.O=CNC1CCN(CC(F)(F)F)C1. The van der Waals surface area contributed by atoms with Gasteiger partial charge in [-0.1, -0.05) is 18.2 Å². The third-order valence-corrected chi connectivity index (χ3v) is 2.71. The fourth-order valence-corrected chi connectivity index (χ4v) is 1.88. The number of nitrogens with one attached hydrogen (secondary N) is 1. The van der Waals surface area contributed by atoms with Crippen molar-refractivity contribution in [2.75, 3.05) is 19.6 Å². The number of hydrogen-bond acceptors (Lipinski definition) is 2. The van der Waals surface area contributed by atoms with Crippen LogP contribution in [0.2, 0.25) is 0 Å². The van der Waals surface area contributed by atoms with Crippen molar-refractivity contribution < 1.29 is 22.4 Å². The van der Waals surface area contributed by atoms with E-state index in [0.29, 0.717) is 19.4 Å². The van der Waals surface area contributed by atoms with Crippen molar-refractivity contribution in [1.82, 2.24) is 10.2 Å². The summed E-state index contributed by atoms with van der Waals surface area (Å²) >= 11 is 0. The third kappa shape index (κ3) is 7.08. The fourth-order valence-electron chi connectivity index (χ4n) is 1.88. The summed E-state index contributed by atoms with van der Waals surface area (Å²) in [6.07, 6.45) is -3.02. The summed E-state index contributed by atoms with van der Waals surface area (Å²) in [7, 11) is 0. The first-order valence-corrected chi connectivity index (χ1v) is 6.10. The molecular formula is C13H16F4N2O. The van der Waals surface area contributed by atoms with Gasteiger partial charge >= 0.3 is 6.18 Å². The predicted octanol–water partition coefficient (Wildman–Crippen LogP) is 2.19. The summed E-state index contributed by atoms with van der Waals surface area (Å²) in [5.41, 5.74) is 0. The quantitative estimate of drug-likeness (QED) is 0.684. The number of carbonyl (C=O) groups is 1. The van der Waals surface area contributed by atoms with E-state index in [2.05, 4.69) is 5.32 Å². The number of amides is 1. The molecule has 1 heterocycles. The molecule has 1 amide bonds. The first-order valence-electron chi connectivity index (χ1n) is 6.10. The Morgan fingerprint density at radius 3 is 2.40 bits per heavy atom. The van der Waals surface area contributed by atoms with Crippen LogP contribution in [-0.2, 0) is 4.79 Å². The van der Waals surface area contributed by atoms with Crippen LogP contribution in [0.4, 0.5) is 17.6 Å². The van der Waals surface area contributed by atoms with Crippen molar-refractivity contribution in [1.29, 1.82) is 0 Å². The Morgan fingerprint density at radius 1 is 1.30 bits per heavy atom. The molecule has 1 aliphatic rings. The summed E-state index contributed by atoms with van der Waals surface area (Å²) in [4.78, 5) is 11.3. The van der Waals surface area contributed by atoms with Crippen LogP contribution in [0.1, 0.15) is 6.42 Å². The normalized spacial score (nSPS) is 19.1. The smallest absolute Gasteiger partial charge is 0.355 e. The standard InChI is InChI=1S/C7H11F3N2O.C6H5F/c8-7(9,10)4-12-2-1-6(3-12)11-5-13;7-6-4-2-1-3-5-6/h5-6H,1-4H2,(H,11,13);1-5H. The summed E-state index contributed by atoms with van der Waals surface area (Å²) in [5, 5.41) is 2.47. The molecule has 1 atom stereocenters. The molecule has 1 unspecified atom stereocenters. The lowest BCUT2D eigenvalue weighted by molar-refractivity contribution is -0.143. The van der Waals surface area contributed by atoms with Gasteiger partial charge in [-0.05, 0) is 18.6 Å². The molecule has 2 rings (SSSR count). The minimum absolute atomic E-state index is 0.125. The molecule has 7 heteroatoms. The van der Waals surface area contributed by atoms with Gasteiger partial charge in [0.1, 0.15) is 5.82 Å². The molecule has 1 aliphatic heterocycles. The van der Waals surface area contributed by atoms with Gasteiger partial charge in [-0.25, -0.2) is 4.39 Å². The molecule has 0 spiro atoms. The summed E-state index contributed by atoms with van der Waals surface area (Å²) in [6, 6.07) is 7.81. The lowest BCUT2D eigenvalue weighted by atomic mass is 10.3. The highest BCUT2D eigenvalue weighted by Crippen LogP contribution is 2.19. The highest BCUT2D eigenvalue weighted by molar-refractivity contribution is 5.46. The lowest BCUT2D eigenvalue weighted by Crippen LogP contribution is -2.36. The topological polar surface area (TPSA) is 32.3 Å². The molecule has 0 aromatic heterocycles. The van der Waals surface area contributed by atoms with Gasteiger partial charge in [0, 0.05) is 19.1 Å². The van der Waals surface area contributed by atoms with E-state index in [1.807, 2.05) is 0 Å². The second-order valence-corrected chi connectivity index (χ2v) is 4.42. The minimum atomic E-state index is -4.14. The molecule has 0 bridgehead atoms. The number of hydrogen-bond donors (Lipinski definition) is 1. The first kappa shape index (κ1) is 16.4. The number of benzene rings is 1. The van der Waals surface area contributed by atoms with E-state index in [1.165, 1.54) is 17.0 Å². The van der Waals surface area contributed by atoms with Crippen LogP contribution in [0.25, 0.3) is 0 Å². The van der Waals surface area contributed by atoms with Crippen LogP contribution in [0, 0.1) is 5.82 Å². The number of likely N-dealkylation sites (tertiary alicyclic amines) is 1. The second kappa shape index (κ2) is 7.84. The fraction of sp³-hybridized carbons (Fsp3) is 0.462. The largest absolute Gasteiger partial charge is 0.401 e. The van der Waals surface area contributed by atoms with Gasteiger partial charge in [0.2, 0.25) is 6.41 Å². The Balaban J connectivity index is 0.000000240. The Labute approximate surface area is 114 Å². The molecule has 1 N–H and O–H groups in total. The van der Waals surface area contributed by atoms with Crippen molar-refractivity contribution in [3.63, 3.8) is 0 Å². The van der Waals surface area contributed by atoms with Gasteiger partial charge in [0.05, 0.1) is 6.54 Å². The number of carbonyl (C=O) groups excluding carboxylic acids is 1. The van der Waals surface area contributed by atoms with E-state index in [4.69, 9.17) is 0 Å². The number of halogens is 4. The van der Waals surface area contributed by atoms with Crippen LogP contribution < -0.4 is 5.32 Å². The molecule has 0 radical (unpaired) electrons. The molecule has 1 fully saturated rings. The van der Waals surface area contributed by atoms with Crippen molar-refractivity contribution >= 4 is 6.41 Å². The minimum Gasteiger partial charge on any atom is -0.355 e. The Morgan fingerprint density at radius 2 is 1.95 bits per heavy atom. The van der Waals surface area contributed by atoms with Gasteiger partial charge in [0.25, 0.3) is 0 Å².